The summed E-state index contributed by atoms with van der Waals surface area (Å²) in [6, 6.07) is 1.79. The fourth-order valence-electron chi connectivity index (χ4n) is 1.91. The predicted octanol–water partition coefficient (Wildman–Crippen LogP) is 2.09. The molecule has 1 aromatic heterocycles. The van der Waals surface area contributed by atoms with E-state index >= 15 is 0 Å². The summed E-state index contributed by atoms with van der Waals surface area (Å²) in [4.78, 5) is 27.5. The second-order valence-corrected chi connectivity index (χ2v) is 5.41. The lowest BCUT2D eigenvalue weighted by atomic mass is 10.2. The van der Waals surface area contributed by atoms with E-state index in [2.05, 4.69) is 15.6 Å². The predicted molar refractivity (Wildman–Crippen MR) is 71.7 cm³/mol. The van der Waals surface area contributed by atoms with Crippen LogP contribution < -0.4 is 10.6 Å². The molecule has 0 aliphatic heterocycles. The van der Waals surface area contributed by atoms with Gasteiger partial charge in [0.05, 0.1) is 11.9 Å². The quantitative estimate of drug-likeness (QED) is 0.869. The minimum atomic E-state index is 0.0432. The molecular formula is C14H17N3O2. The van der Waals surface area contributed by atoms with Crippen molar-refractivity contribution in [2.45, 2.75) is 32.6 Å². The molecule has 1 heterocycles. The standard InChI is InChI=1S/C14H17N3O2/c1-8-6-12(17-14(19)10-4-5-10)15-7-11(8)16-13(18)9-2-3-9/h6-7,9-10H,2-5H2,1H3,(H,16,18)(H,15,17,19). The van der Waals surface area contributed by atoms with Crippen LogP contribution in [0.3, 0.4) is 0 Å². The molecule has 0 aromatic carbocycles. The van der Waals surface area contributed by atoms with Gasteiger partial charge in [-0.3, -0.25) is 9.59 Å². The third-order valence-electron chi connectivity index (χ3n) is 3.52. The van der Waals surface area contributed by atoms with Crippen LogP contribution in [0.25, 0.3) is 0 Å². The summed E-state index contributed by atoms with van der Waals surface area (Å²) in [5.74, 6) is 1.00. The number of hydrogen-bond acceptors (Lipinski definition) is 3. The number of nitrogens with one attached hydrogen (secondary N) is 2. The molecule has 100 valence electrons. The molecule has 2 fully saturated rings. The lowest BCUT2D eigenvalue weighted by Gasteiger charge is -2.09. The van der Waals surface area contributed by atoms with E-state index in [1.807, 2.05) is 6.92 Å². The third kappa shape index (κ3) is 2.92. The number of amides is 2. The average Bonchev–Trinajstić information content (AvgIpc) is 3.25. The zero-order chi connectivity index (χ0) is 13.4. The molecule has 0 atom stereocenters. The summed E-state index contributed by atoms with van der Waals surface area (Å²) >= 11 is 0. The second kappa shape index (κ2) is 4.64. The van der Waals surface area contributed by atoms with Gasteiger partial charge in [-0.05, 0) is 44.2 Å². The van der Waals surface area contributed by atoms with Crippen LogP contribution >= 0.6 is 0 Å². The van der Waals surface area contributed by atoms with Crippen LogP contribution in [0, 0.1) is 18.8 Å². The summed E-state index contributed by atoms with van der Waals surface area (Å²) in [6.45, 7) is 1.90. The van der Waals surface area contributed by atoms with Crippen LogP contribution in [0.2, 0.25) is 0 Å². The zero-order valence-corrected chi connectivity index (χ0v) is 10.9. The van der Waals surface area contributed by atoms with Gasteiger partial charge in [-0.1, -0.05) is 0 Å². The van der Waals surface area contributed by atoms with Crippen LogP contribution in [0.1, 0.15) is 31.2 Å². The molecule has 2 aliphatic carbocycles. The minimum absolute atomic E-state index is 0.0432. The topological polar surface area (TPSA) is 71.1 Å². The zero-order valence-electron chi connectivity index (χ0n) is 10.9. The molecule has 2 amide bonds. The molecule has 3 rings (SSSR count). The van der Waals surface area contributed by atoms with E-state index < -0.39 is 0 Å². The second-order valence-electron chi connectivity index (χ2n) is 5.41. The summed E-state index contributed by atoms with van der Waals surface area (Å²) < 4.78 is 0. The maximum Gasteiger partial charge on any atom is 0.228 e. The maximum absolute atomic E-state index is 11.7. The summed E-state index contributed by atoms with van der Waals surface area (Å²) in [6.07, 6.45) is 5.51. The first-order valence-electron chi connectivity index (χ1n) is 6.72. The molecule has 2 N–H and O–H groups in total. The van der Waals surface area contributed by atoms with E-state index in [1.54, 1.807) is 12.3 Å². The van der Waals surface area contributed by atoms with Gasteiger partial charge in [-0.2, -0.15) is 0 Å². The highest BCUT2D eigenvalue weighted by atomic mass is 16.2. The van der Waals surface area contributed by atoms with Gasteiger partial charge in [0.15, 0.2) is 0 Å². The Morgan fingerprint density at radius 2 is 1.68 bits per heavy atom. The third-order valence-corrected chi connectivity index (χ3v) is 3.52. The van der Waals surface area contributed by atoms with Crippen LogP contribution in [-0.4, -0.2) is 16.8 Å². The number of aryl methyl sites for hydroxylation is 1. The lowest BCUT2D eigenvalue weighted by molar-refractivity contribution is -0.118. The highest BCUT2D eigenvalue weighted by molar-refractivity contribution is 5.95. The molecule has 19 heavy (non-hydrogen) atoms. The first kappa shape index (κ1) is 12.1. The first-order valence-corrected chi connectivity index (χ1v) is 6.72. The highest BCUT2D eigenvalue weighted by Gasteiger charge is 2.31. The van der Waals surface area contributed by atoms with Crippen LogP contribution in [-0.2, 0) is 9.59 Å². The number of anilines is 2. The molecule has 5 nitrogen and oxygen atoms in total. The van der Waals surface area contributed by atoms with Gasteiger partial charge in [0.25, 0.3) is 0 Å². The Balaban J connectivity index is 1.66. The Kier molecular flexibility index (Phi) is 2.97. The van der Waals surface area contributed by atoms with Crippen molar-refractivity contribution in [3.63, 3.8) is 0 Å². The largest absolute Gasteiger partial charge is 0.324 e. The maximum atomic E-state index is 11.7. The van der Waals surface area contributed by atoms with Crippen LogP contribution in [0.5, 0.6) is 0 Å². The Morgan fingerprint density at radius 3 is 2.21 bits per heavy atom. The molecule has 5 heteroatoms. The molecule has 2 saturated carbocycles. The lowest BCUT2D eigenvalue weighted by Crippen LogP contribution is -2.16. The number of rotatable bonds is 4. The molecule has 0 unspecified atom stereocenters. The van der Waals surface area contributed by atoms with Crippen LogP contribution in [0.15, 0.2) is 12.3 Å². The Hall–Kier alpha value is -1.91. The monoisotopic (exact) mass is 259 g/mol. The Bertz CT molecular complexity index is 533. The normalized spacial score (nSPS) is 17.9. The SMILES string of the molecule is Cc1cc(NC(=O)C2CC2)ncc1NC(=O)C1CC1. The van der Waals surface area contributed by atoms with Crippen molar-refractivity contribution in [3.8, 4) is 0 Å². The number of aromatic nitrogens is 1. The van der Waals surface area contributed by atoms with Gasteiger partial charge in [0, 0.05) is 11.8 Å². The average molecular weight is 259 g/mol. The molecular weight excluding hydrogens is 242 g/mol. The molecule has 0 radical (unpaired) electrons. The van der Waals surface area contributed by atoms with Crippen molar-refractivity contribution in [2.24, 2.45) is 11.8 Å². The number of carbonyl (C=O) groups is 2. The Morgan fingerprint density at radius 1 is 1.11 bits per heavy atom. The number of carbonyl (C=O) groups excluding carboxylic acids is 2. The van der Waals surface area contributed by atoms with Crippen molar-refractivity contribution >= 4 is 23.3 Å². The fraction of sp³-hybridized carbons (Fsp3) is 0.500. The summed E-state index contributed by atoms with van der Waals surface area (Å²) in [7, 11) is 0. The summed E-state index contributed by atoms with van der Waals surface area (Å²) in [5, 5.41) is 5.67. The van der Waals surface area contributed by atoms with Gasteiger partial charge in [0.2, 0.25) is 11.8 Å². The van der Waals surface area contributed by atoms with E-state index in [9.17, 15) is 9.59 Å². The first-order chi connectivity index (χ1) is 9.13. The highest BCUT2D eigenvalue weighted by Crippen LogP contribution is 2.31. The van der Waals surface area contributed by atoms with E-state index in [4.69, 9.17) is 0 Å². The molecule has 0 bridgehead atoms. The summed E-state index contributed by atoms with van der Waals surface area (Å²) in [5.41, 5.74) is 1.64. The van der Waals surface area contributed by atoms with E-state index in [1.165, 1.54) is 0 Å². The van der Waals surface area contributed by atoms with E-state index in [0.717, 1.165) is 36.9 Å². The van der Waals surface area contributed by atoms with Crippen molar-refractivity contribution in [1.29, 1.82) is 0 Å². The molecule has 1 aromatic rings. The van der Waals surface area contributed by atoms with Gasteiger partial charge in [0.1, 0.15) is 5.82 Å². The number of nitrogens with zero attached hydrogens (tertiary/aromatic N) is 1. The van der Waals surface area contributed by atoms with E-state index in [0.29, 0.717) is 5.82 Å². The van der Waals surface area contributed by atoms with Gasteiger partial charge >= 0.3 is 0 Å². The van der Waals surface area contributed by atoms with Gasteiger partial charge < -0.3 is 10.6 Å². The van der Waals surface area contributed by atoms with Crippen molar-refractivity contribution in [2.75, 3.05) is 10.6 Å². The van der Waals surface area contributed by atoms with Crippen molar-refractivity contribution < 1.29 is 9.59 Å². The molecule has 0 saturated heterocycles. The number of pyridine rings is 1. The van der Waals surface area contributed by atoms with Gasteiger partial charge in [-0.25, -0.2) is 4.98 Å². The van der Waals surface area contributed by atoms with Crippen molar-refractivity contribution in [3.05, 3.63) is 17.8 Å². The fourth-order valence-corrected chi connectivity index (χ4v) is 1.91. The number of hydrogen-bond donors (Lipinski definition) is 2. The van der Waals surface area contributed by atoms with Crippen molar-refractivity contribution in [1.82, 2.24) is 4.98 Å². The van der Waals surface area contributed by atoms with Crippen LogP contribution in [0.4, 0.5) is 11.5 Å². The molecule has 0 spiro atoms. The minimum Gasteiger partial charge on any atom is -0.324 e. The molecule has 2 aliphatic rings. The van der Waals surface area contributed by atoms with E-state index in [-0.39, 0.29) is 23.7 Å². The Labute approximate surface area is 111 Å². The smallest absolute Gasteiger partial charge is 0.228 e. The van der Waals surface area contributed by atoms with Gasteiger partial charge in [-0.15, -0.1) is 0 Å².